The fraction of sp³-hybridized carbons (Fsp3) is 0.345. The highest BCUT2D eigenvalue weighted by molar-refractivity contribution is 8.51. The van der Waals surface area contributed by atoms with E-state index in [4.69, 9.17) is 38.9 Å². The van der Waals surface area contributed by atoms with Crippen LogP contribution >= 0.6 is 43.1 Å². The molecule has 0 aliphatic carbocycles. The summed E-state index contributed by atoms with van der Waals surface area (Å²) in [5.74, 6) is 1.21. The first kappa shape index (κ1) is 31.1. The molecular formula is C29H35Cl3N6O2S. The predicted molar refractivity (Wildman–Crippen MR) is 176 cm³/mol. The molecular weight excluding hydrogens is 603 g/mol. The number of aryl methyl sites for hydroxylation is 2. The third-order valence-corrected chi connectivity index (χ3v) is 10.0. The van der Waals surface area contributed by atoms with Crippen LogP contribution < -0.4 is 15.5 Å². The monoisotopic (exact) mass is 636 g/mol. The summed E-state index contributed by atoms with van der Waals surface area (Å²) in [6, 6.07) is 12.9. The Labute approximate surface area is 256 Å². The predicted octanol–water partition coefficient (Wildman–Crippen LogP) is 7.35. The lowest BCUT2D eigenvalue weighted by atomic mass is 10.1. The van der Waals surface area contributed by atoms with Crippen molar-refractivity contribution >= 4 is 83.2 Å². The highest BCUT2D eigenvalue weighted by atomic mass is 35.7. The highest BCUT2D eigenvalue weighted by Crippen LogP contribution is 2.50. The number of nitrogens with one attached hydrogen (secondary N) is 2. The van der Waals surface area contributed by atoms with Crippen LogP contribution in [0.1, 0.15) is 18.1 Å². The number of aromatic nitrogens is 3. The van der Waals surface area contributed by atoms with Crippen molar-refractivity contribution in [3.8, 4) is 5.95 Å². The van der Waals surface area contributed by atoms with Crippen molar-refractivity contribution < 1.29 is 9.59 Å². The number of benzene rings is 2. The van der Waals surface area contributed by atoms with Crippen LogP contribution in [0.15, 0.2) is 54.9 Å². The summed E-state index contributed by atoms with van der Waals surface area (Å²) >= 11 is 12.0. The zero-order valence-electron chi connectivity index (χ0n) is 23.7. The van der Waals surface area contributed by atoms with Crippen LogP contribution in [0.2, 0.25) is 0 Å². The molecule has 0 radical (unpaired) electrons. The van der Waals surface area contributed by atoms with Gasteiger partial charge in [-0.1, -0.05) is 22.8 Å². The van der Waals surface area contributed by atoms with E-state index in [0.29, 0.717) is 53.2 Å². The van der Waals surface area contributed by atoms with E-state index in [-0.39, 0.29) is 17.2 Å². The number of imidazole rings is 1. The molecule has 2 amide bonds. The van der Waals surface area contributed by atoms with Gasteiger partial charge in [-0.2, -0.15) is 9.24 Å². The van der Waals surface area contributed by atoms with Gasteiger partial charge < -0.3 is 15.5 Å². The molecule has 12 heteroatoms. The van der Waals surface area contributed by atoms with Crippen molar-refractivity contribution in [2.75, 3.05) is 52.9 Å². The van der Waals surface area contributed by atoms with Crippen molar-refractivity contribution in [3.05, 3.63) is 66.0 Å². The lowest BCUT2D eigenvalue weighted by Gasteiger charge is -2.28. The van der Waals surface area contributed by atoms with Crippen LogP contribution in [-0.2, 0) is 4.79 Å². The van der Waals surface area contributed by atoms with E-state index in [9.17, 15) is 9.59 Å². The van der Waals surface area contributed by atoms with Gasteiger partial charge in [-0.3, -0.25) is 9.36 Å². The molecule has 41 heavy (non-hydrogen) atoms. The standard InChI is InChI=1S/C29H35Cl3N6O2S/c1-19-7-6-8-25-26(19)35-28(37-14-11-23(18-37)33-27(39)21(3)41(4,5)32)38(25)29(40)34-22-9-10-24(20(2)17-22)36(15-12-30)16-13-31/h6-11,14,17-18,21H,12-13,15-16H2,1-5H3,(H,33,39)(H,34,40). The first-order valence-electron chi connectivity index (χ1n) is 13.1. The number of carbonyl (C=O) groups is 2. The van der Waals surface area contributed by atoms with Gasteiger partial charge in [0.05, 0.1) is 22.0 Å². The average Bonchev–Trinajstić information content (AvgIpc) is 3.53. The zero-order chi connectivity index (χ0) is 29.9. The van der Waals surface area contributed by atoms with E-state index in [0.717, 1.165) is 16.8 Å². The number of rotatable bonds is 10. The maximum atomic E-state index is 13.8. The second-order valence-electron chi connectivity index (χ2n) is 10.2. The number of carbonyl (C=O) groups excluding carboxylic acids is 2. The number of alkyl halides is 2. The lowest BCUT2D eigenvalue weighted by Crippen LogP contribution is -2.28. The lowest BCUT2D eigenvalue weighted by molar-refractivity contribution is -0.115. The molecule has 0 aliphatic heterocycles. The molecule has 1 unspecified atom stereocenters. The third-order valence-electron chi connectivity index (χ3n) is 6.97. The van der Waals surface area contributed by atoms with Gasteiger partial charge in [-0.25, -0.2) is 14.3 Å². The van der Waals surface area contributed by atoms with Gasteiger partial charge >= 0.3 is 6.03 Å². The smallest absolute Gasteiger partial charge is 0.333 e. The third kappa shape index (κ3) is 6.97. The zero-order valence-corrected chi connectivity index (χ0v) is 26.8. The van der Waals surface area contributed by atoms with Gasteiger partial charge in [0.2, 0.25) is 11.9 Å². The van der Waals surface area contributed by atoms with Gasteiger partial charge in [-0.15, -0.1) is 23.2 Å². The number of para-hydroxylation sites is 1. The molecule has 0 bridgehead atoms. The fourth-order valence-corrected chi connectivity index (χ4v) is 5.74. The van der Waals surface area contributed by atoms with Crippen molar-refractivity contribution in [2.24, 2.45) is 0 Å². The molecule has 0 fully saturated rings. The van der Waals surface area contributed by atoms with E-state index in [1.807, 2.05) is 69.7 Å². The second kappa shape index (κ2) is 13.0. The average molecular weight is 638 g/mol. The fourth-order valence-electron chi connectivity index (χ4n) is 4.52. The van der Waals surface area contributed by atoms with E-state index in [2.05, 4.69) is 15.5 Å². The first-order chi connectivity index (χ1) is 19.4. The molecule has 220 valence electrons. The maximum absolute atomic E-state index is 13.8. The van der Waals surface area contributed by atoms with Gasteiger partial charge in [0.1, 0.15) is 0 Å². The molecule has 2 N–H and O–H groups in total. The quantitative estimate of drug-likeness (QED) is 0.178. The molecule has 2 aromatic heterocycles. The number of anilines is 3. The Kier molecular flexibility index (Phi) is 9.85. The van der Waals surface area contributed by atoms with Gasteiger partial charge in [-0.05, 0) is 74.7 Å². The van der Waals surface area contributed by atoms with Crippen molar-refractivity contribution in [3.63, 3.8) is 0 Å². The van der Waals surface area contributed by atoms with Crippen LogP contribution in [0, 0.1) is 13.8 Å². The number of halogens is 3. The van der Waals surface area contributed by atoms with E-state index in [1.54, 1.807) is 27.6 Å². The first-order valence-corrected chi connectivity index (χ1v) is 17.5. The summed E-state index contributed by atoms with van der Waals surface area (Å²) in [6.07, 6.45) is 7.28. The van der Waals surface area contributed by atoms with Crippen LogP contribution in [0.3, 0.4) is 0 Å². The van der Waals surface area contributed by atoms with Gasteiger partial charge in [0.15, 0.2) is 0 Å². The normalized spacial score (nSPS) is 12.8. The molecule has 4 rings (SSSR count). The van der Waals surface area contributed by atoms with Gasteiger partial charge in [0.25, 0.3) is 0 Å². The van der Waals surface area contributed by atoms with Crippen molar-refractivity contribution in [1.82, 2.24) is 14.1 Å². The Bertz CT molecular complexity index is 1560. The number of fused-ring (bicyclic) bond motifs is 1. The molecule has 0 saturated carbocycles. The topological polar surface area (TPSA) is 84.2 Å². The van der Waals surface area contributed by atoms with Crippen LogP contribution in [-0.4, -0.2) is 68.7 Å². The number of hydrogen-bond acceptors (Lipinski definition) is 4. The molecule has 2 aromatic carbocycles. The number of hydrogen-bond donors (Lipinski definition) is 2. The minimum absolute atomic E-state index is 0.158. The minimum Gasteiger partial charge on any atom is -0.369 e. The Morgan fingerprint density at radius 3 is 2.34 bits per heavy atom. The molecule has 0 saturated heterocycles. The maximum Gasteiger partial charge on any atom is 0.333 e. The molecule has 1 atom stereocenters. The largest absolute Gasteiger partial charge is 0.369 e. The Balaban J connectivity index is 1.66. The molecule has 4 aromatic rings. The Morgan fingerprint density at radius 2 is 1.71 bits per heavy atom. The summed E-state index contributed by atoms with van der Waals surface area (Å²) in [6.45, 7) is 7.12. The number of nitrogens with zero attached hydrogens (tertiary/aromatic N) is 4. The van der Waals surface area contributed by atoms with Crippen LogP contribution in [0.25, 0.3) is 17.0 Å². The summed E-state index contributed by atoms with van der Waals surface area (Å²) in [5.41, 5.74) is 5.56. The van der Waals surface area contributed by atoms with E-state index >= 15 is 0 Å². The summed E-state index contributed by atoms with van der Waals surface area (Å²) in [7, 11) is 4.85. The Morgan fingerprint density at radius 1 is 1.00 bits per heavy atom. The van der Waals surface area contributed by atoms with E-state index < -0.39 is 9.24 Å². The summed E-state index contributed by atoms with van der Waals surface area (Å²) in [5, 5.41) is 5.62. The van der Waals surface area contributed by atoms with Crippen LogP contribution in [0.5, 0.6) is 0 Å². The second-order valence-corrected chi connectivity index (χ2v) is 16.6. The van der Waals surface area contributed by atoms with Crippen molar-refractivity contribution in [1.29, 1.82) is 0 Å². The van der Waals surface area contributed by atoms with Crippen molar-refractivity contribution in [2.45, 2.75) is 26.0 Å². The minimum atomic E-state index is -1.58. The molecule has 0 aliphatic rings. The SMILES string of the molecule is Cc1cc(NC(=O)n2c(-n3ccc(NC(=O)C(C)S(C)(C)Cl)c3)nc3c(C)cccc32)ccc1N(CCCl)CCCl. The Hall–Kier alpha value is -2.85. The molecule has 8 nitrogen and oxygen atoms in total. The van der Waals surface area contributed by atoms with Crippen LogP contribution in [0.4, 0.5) is 21.9 Å². The number of amides is 2. The molecule has 2 heterocycles. The van der Waals surface area contributed by atoms with E-state index in [1.165, 1.54) is 0 Å². The molecule has 0 spiro atoms. The highest BCUT2D eigenvalue weighted by Gasteiger charge is 2.26. The summed E-state index contributed by atoms with van der Waals surface area (Å²) < 4.78 is 3.27. The van der Waals surface area contributed by atoms with Gasteiger partial charge in [0, 0.05) is 48.6 Å². The summed E-state index contributed by atoms with van der Waals surface area (Å²) in [4.78, 5) is 33.5.